The zero-order chi connectivity index (χ0) is 23.0. The normalized spacial score (nSPS) is 23.1. The lowest BCUT2D eigenvalue weighted by atomic mass is 9.79. The van der Waals surface area contributed by atoms with Gasteiger partial charge in [-0.15, -0.1) is 0 Å². The van der Waals surface area contributed by atoms with Gasteiger partial charge in [0.25, 0.3) is 0 Å². The number of ether oxygens (including phenoxy) is 1. The van der Waals surface area contributed by atoms with Crippen LogP contribution in [0.2, 0.25) is 0 Å². The van der Waals surface area contributed by atoms with Gasteiger partial charge in [0.2, 0.25) is 0 Å². The first kappa shape index (κ1) is 22.2. The van der Waals surface area contributed by atoms with Crippen LogP contribution in [0.1, 0.15) is 66.7 Å². The molecule has 6 nitrogen and oxygen atoms in total. The van der Waals surface area contributed by atoms with E-state index in [2.05, 4.69) is 23.2 Å². The second-order valence-electron chi connectivity index (χ2n) is 8.98. The number of fused-ring (bicyclic) bond motifs is 1. The molecule has 2 aliphatic rings. The van der Waals surface area contributed by atoms with E-state index in [1.54, 1.807) is 13.0 Å². The molecular weight excluding hydrogens is 402 g/mol. The van der Waals surface area contributed by atoms with Crippen molar-refractivity contribution in [3.8, 4) is 6.07 Å². The first-order valence-corrected chi connectivity index (χ1v) is 11.4. The summed E-state index contributed by atoms with van der Waals surface area (Å²) in [6.45, 7) is 8.08. The van der Waals surface area contributed by atoms with E-state index in [-0.39, 0.29) is 24.0 Å². The molecule has 4 rings (SSSR count). The van der Waals surface area contributed by atoms with Crippen molar-refractivity contribution in [3.05, 3.63) is 58.7 Å². The first-order chi connectivity index (χ1) is 15.3. The van der Waals surface area contributed by atoms with Crippen LogP contribution in [0.4, 0.5) is 11.4 Å². The van der Waals surface area contributed by atoms with E-state index in [1.165, 1.54) is 0 Å². The summed E-state index contributed by atoms with van der Waals surface area (Å²) in [5.74, 6) is 0.395. The quantitative estimate of drug-likeness (QED) is 0.639. The predicted octanol–water partition coefficient (Wildman–Crippen LogP) is 4.77. The summed E-state index contributed by atoms with van der Waals surface area (Å²) in [7, 11) is 0. The number of nitriles is 1. The molecular formula is C26H31N3O3. The Hall–Kier alpha value is -3.04. The molecule has 1 aliphatic heterocycles. The predicted molar refractivity (Wildman–Crippen MR) is 124 cm³/mol. The summed E-state index contributed by atoms with van der Waals surface area (Å²) >= 11 is 0. The molecule has 0 spiro atoms. The molecule has 0 aromatic heterocycles. The summed E-state index contributed by atoms with van der Waals surface area (Å²) < 4.78 is 5.23. The summed E-state index contributed by atoms with van der Waals surface area (Å²) in [6.07, 6.45) is 1.70. The summed E-state index contributed by atoms with van der Waals surface area (Å²) in [6, 6.07) is 13.8. The number of benzene rings is 2. The minimum Gasteiger partial charge on any atom is -0.462 e. The van der Waals surface area contributed by atoms with Crippen LogP contribution in [0.15, 0.2) is 36.4 Å². The van der Waals surface area contributed by atoms with Gasteiger partial charge >= 0.3 is 5.97 Å². The monoisotopic (exact) mass is 433 g/mol. The van der Waals surface area contributed by atoms with Crippen LogP contribution in [0.25, 0.3) is 0 Å². The van der Waals surface area contributed by atoms with Crippen LogP contribution in [-0.2, 0) is 4.74 Å². The molecule has 0 amide bonds. The van der Waals surface area contributed by atoms with Gasteiger partial charge in [-0.3, -0.25) is 0 Å². The molecule has 2 aromatic rings. The number of esters is 1. The number of aliphatic hydroxyl groups is 1. The maximum atomic E-state index is 12.5. The lowest BCUT2D eigenvalue weighted by Gasteiger charge is -2.48. The minimum atomic E-state index is -0.631. The van der Waals surface area contributed by atoms with Crippen molar-refractivity contribution in [2.75, 3.05) is 16.8 Å². The molecule has 2 N–H and O–H groups in total. The van der Waals surface area contributed by atoms with Crippen LogP contribution >= 0.6 is 0 Å². The fraction of sp³-hybridized carbons (Fsp3) is 0.462. The highest BCUT2D eigenvalue weighted by molar-refractivity contribution is 5.90. The zero-order valence-electron chi connectivity index (χ0n) is 19.1. The van der Waals surface area contributed by atoms with Crippen LogP contribution in [0, 0.1) is 30.1 Å². The molecule has 6 heteroatoms. The van der Waals surface area contributed by atoms with Gasteiger partial charge in [-0.2, -0.15) is 5.26 Å². The Labute approximate surface area is 189 Å². The first-order valence-electron chi connectivity index (χ1n) is 11.4. The second kappa shape index (κ2) is 8.84. The third kappa shape index (κ3) is 4.05. The highest BCUT2D eigenvalue weighted by Gasteiger charge is 2.47. The van der Waals surface area contributed by atoms with Gasteiger partial charge in [-0.1, -0.05) is 6.92 Å². The molecule has 0 bridgehead atoms. The van der Waals surface area contributed by atoms with Crippen LogP contribution in [0.3, 0.4) is 0 Å². The van der Waals surface area contributed by atoms with Gasteiger partial charge in [-0.05, 0) is 87.1 Å². The highest BCUT2D eigenvalue weighted by atomic mass is 16.5. The maximum Gasteiger partial charge on any atom is 0.338 e. The molecule has 168 valence electrons. The van der Waals surface area contributed by atoms with Gasteiger partial charge in [-0.25, -0.2) is 4.79 Å². The van der Waals surface area contributed by atoms with E-state index in [0.717, 1.165) is 35.3 Å². The maximum absolute atomic E-state index is 12.5. The third-order valence-electron chi connectivity index (χ3n) is 6.71. The molecule has 1 aliphatic carbocycles. The van der Waals surface area contributed by atoms with Crippen LogP contribution in [0.5, 0.6) is 0 Å². The molecule has 1 unspecified atom stereocenters. The molecule has 1 saturated carbocycles. The van der Waals surface area contributed by atoms with Crippen molar-refractivity contribution in [3.63, 3.8) is 0 Å². The number of carbonyl (C=O) groups excluding carboxylic acids is 1. The fourth-order valence-corrected chi connectivity index (χ4v) is 5.09. The lowest BCUT2D eigenvalue weighted by molar-refractivity contribution is 0.0526. The number of carbonyl (C=O) groups is 1. The standard InChI is InChI=1S/C26H31N3O3/c1-5-32-26(31)19-9-11-23-22(13-19)24(28-21-10-8-20(14-27)15(2)12-21)16(3)25(18-6-7-18)29(23)17(4)30/h8-13,16-18,24-25,28,30H,5-7H2,1-4H3/t16-,17?,24-,25-/m1/s1. The number of hydrogen-bond donors (Lipinski definition) is 2. The largest absolute Gasteiger partial charge is 0.462 e. The van der Waals surface area contributed by atoms with Crippen molar-refractivity contribution in [2.45, 2.75) is 58.8 Å². The molecule has 4 atom stereocenters. The lowest BCUT2D eigenvalue weighted by Crippen LogP contribution is -2.52. The smallest absolute Gasteiger partial charge is 0.338 e. The van der Waals surface area contributed by atoms with Gasteiger partial charge in [0.15, 0.2) is 0 Å². The summed E-state index contributed by atoms with van der Waals surface area (Å²) in [5, 5.41) is 23.7. The van der Waals surface area contributed by atoms with Crippen molar-refractivity contribution in [1.82, 2.24) is 0 Å². The minimum absolute atomic E-state index is 0.0488. The fourth-order valence-electron chi connectivity index (χ4n) is 5.09. The van der Waals surface area contributed by atoms with E-state index in [1.807, 2.05) is 44.2 Å². The molecule has 0 saturated heterocycles. The number of nitrogens with zero attached hydrogens (tertiary/aromatic N) is 2. The number of aryl methyl sites for hydroxylation is 1. The second-order valence-corrected chi connectivity index (χ2v) is 8.98. The Morgan fingerprint density at radius 1 is 1.31 bits per heavy atom. The topological polar surface area (TPSA) is 85.6 Å². The van der Waals surface area contributed by atoms with Crippen LogP contribution in [-0.4, -0.2) is 30.0 Å². The Morgan fingerprint density at radius 3 is 2.66 bits per heavy atom. The van der Waals surface area contributed by atoms with Crippen LogP contribution < -0.4 is 10.2 Å². The van der Waals surface area contributed by atoms with Gasteiger partial charge in [0.05, 0.1) is 29.8 Å². The number of nitrogens with one attached hydrogen (secondary N) is 1. The number of aliphatic hydroxyl groups excluding tert-OH is 1. The average molecular weight is 434 g/mol. The Morgan fingerprint density at radius 2 is 2.06 bits per heavy atom. The molecule has 1 fully saturated rings. The van der Waals surface area contributed by atoms with Gasteiger partial charge in [0.1, 0.15) is 6.23 Å². The van der Waals surface area contributed by atoms with Gasteiger partial charge < -0.3 is 20.1 Å². The third-order valence-corrected chi connectivity index (χ3v) is 6.71. The summed E-state index contributed by atoms with van der Waals surface area (Å²) in [4.78, 5) is 14.6. The molecule has 0 radical (unpaired) electrons. The molecule has 1 heterocycles. The van der Waals surface area contributed by atoms with Gasteiger partial charge in [0, 0.05) is 23.3 Å². The van der Waals surface area contributed by atoms with Crippen molar-refractivity contribution < 1.29 is 14.6 Å². The highest BCUT2D eigenvalue weighted by Crippen LogP contribution is 2.50. The van der Waals surface area contributed by atoms with Crippen molar-refractivity contribution in [1.29, 1.82) is 5.26 Å². The number of anilines is 2. The summed E-state index contributed by atoms with van der Waals surface area (Å²) in [5.41, 5.74) is 4.95. The number of hydrogen-bond acceptors (Lipinski definition) is 6. The zero-order valence-corrected chi connectivity index (χ0v) is 19.1. The van der Waals surface area contributed by atoms with E-state index in [4.69, 9.17) is 4.74 Å². The average Bonchev–Trinajstić information content (AvgIpc) is 3.60. The Balaban J connectivity index is 1.79. The van der Waals surface area contributed by atoms with Crippen molar-refractivity contribution >= 4 is 17.3 Å². The van der Waals surface area contributed by atoms with E-state index in [9.17, 15) is 15.2 Å². The molecule has 32 heavy (non-hydrogen) atoms. The Bertz CT molecular complexity index is 1050. The molecule has 2 aromatic carbocycles. The number of rotatable bonds is 6. The van der Waals surface area contributed by atoms with E-state index < -0.39 is 6.23 Å². The van der Waals surface area contributed by atoms with E-state index >= 15 is 0 Å². The SMILES string of the molecule is CCOC(=O)c1ccc2c(c1)[C@H](Nc1ccc(C#N)c(C)c1)[C@@H](C)[C@H](C1CC1)N2C(C)O. The van der Waals surface area contributed by atoms with Crippen molar-refractivity contribution in [2.24, 2.45) is 11.8 Å². The van der Waals surface area contributed by atoms with E-state index in [0.29, 0.717) is 23.7 Å². The Kier molecular flexibility index (Phi) is 6.12.